The van der Waals surface area contributed by atoms with Gasteiger partial charge in [-0.1, -0.05) is 0 Å². The summed E-state index contributed by atoms with van der Waals surface area (Å²) in [6.45, 7) is 0.822. The van der Waals surface area contributed by atoms with Crippen molar-refractivity contribution < 1.29 is 12.8 Å². The van der Waals surface area contributed by atoms with E-state index in [2.05, 4.69) is 26.0 Å². The molecule has 0 amide bonds. The molecule has 2 aromatic rings. The number of hydrogen-bond acceptors (Lipinski definition) is 5. The van der Waals surface area contributed by atoms with Crippen LogP contribution >= 0.6 is 27.3 Å². The summed E-state index contributed by atoms with van der Waals surface area (Å²) >= 11 is 4.72. The second-order valence-electron chi connectivity index (χ2n) is 4.96. The van der Waals surface area contributed by atoms with Crippen LogP contribution in [0.25, 0.3) is 0 Å². The van der Waals surface area contributed by atoms with Gasteiger partial charge in [0.25, 0.3) is 0 Å². The third-order valence-corrected chi connectivity index (χ3v) is 6.17. The average molecular weight is 391 g/mol. The van der Waals surface area contributed by atoms with E-state index >= 15 is 0 Å². The van der Waals surface area contributed by atoms with E-state index in [0.717, 1.165) is 5.56 Å². The van der Waals surface area contributed by atoms with Crippen molar-refractivity contribution in [3.05, 3.63) is 38.9 Å². The molecule has 1 aliphatic rings. The van der Waals surface area contributed by atoms with Crippen molar-refractivity contribution in [2.45, 2.75) is 36.9 Å². The van der Waals surface area contributed by atoms with Crippen molar-refractivity contribution in [1.29, 1.82) is 0 Å². The number of nitrogens with one attached hydrogen (secondary N) is 2. The number of sulfonamides is 1. The summed E-state index contributed by atoms with van der Waals surface area (Å²) in [7, 11) is -3.58. The molecule has 0 spiro atoms. The highest BCUT2D eigenvalue weighted by atomic mass is 79.9. The molecule has 2 heterocycles. The van der Waals surface area contributed by atoms with Crippen molar-refractivity contribution in [1.82, 2.24) is 10.0 Å². The molecule has 5 nitrogen and oxygen atoms in total. The van der Waals surface area contributed by atoms with Crippen molar-refractivity contribution in [3.63, 3.8) is 0 Å². The molecule has 2 N–H and O–H groups in total. The van der Waals surface area contributed by atoms with E-state index in [0.29, 0.717) is 18.3 Å². The Balaban J connectivity index is 1.68. The van der Waals surface area contributed by atoms with Gasteiger partial charge in [-0.3, -0.25) is 0 Å². The fourth-order valence-electron chi connectivity index (χ4n) is 1.85. The lowest BCUT2D eigenvalue weighted by molar-refractivity contribution is 0.460. The molecule has 0 bridgehead atoms. The van der Waals surface area contributed by atoms with Gasteiger partial charge in [0.1, 0.15) is 10.7 Å². The van der Waals surface area contributed by atoms with Gasteiger partial charge in [0.2, 0.25) is 10.0 Å². The Morgan fingerprint density at radius 2 is 2.19 bits per heavy atom. The number of thiophene rings is 1. The van der Waals surface area contributed by atoms with Crippen LogP contribution in [-0.2, 0) is 23.1 Å². The van der Waals surface area contributed by atoms with Crippen LogP contribution in [0.4, 0.5) is 0 Å². The molecule has 21 heavy (non-hydrogen) atoms. The highest BCUT2D eigenvalue weighted by molar-refractivity contribution is 9.10. The first kappa shape index (κ1) is 15.2. The summed E-state index contributed by atoms with van der Waals surface area (Å²) in [5, 5.41) is 7.12. The number of hydrogen-bond donors (Lipinski definition) is 2. The number of furan rings is 1. The van der Waals surface area contributed by atoms with Gasteiger partial charge in [0.05, 0.1) is 6.54 Å². The van der Waals surface area contributed by atoms with Gasteiger partial charge < -0.3 is 9.73 Å². The zero-order valence-electron chi connectivity index (χ0n) is 11.1. The van der Waals surface area contributed by atoms with E-state index in [1.165, 1.54) is 24.2 Å². The zero-order valence-corrected chi connectivity index (χ0v) is 14.4. The molecule has 0 unspecified atom stereocenters. The summed E-state index contributed by atoms with van der Waals surface area (Å²) in [6.07, 6.45) is 2.35. The topological polar surface area (TPSA) is 71.3 Å². The third-order valence-electron chi connectivity index (χ3n) is 3.18. The van der Waals surface area contributed by atoms with E-state index in [4.69, 9.17) is 4.42 Å². The largest absolute Gasteiger partial charge is 0.452 e. The van der Waals surface area contributed by atoms with Gasteiger partial charge in [-0.15, -0.1) is 0 Å². The minimum absolute atomic E-state index is 0.144. The minimum Gasteiger partial charge on any atom is -0.452 e. The third kappa shape index (κ3) is 3.95. The highest BCUT2D eigenvalue weighted by Gasteiger charge is 2.24. The first-order valence-electron chi connectivity index (χ1n) is 6.57. The Labute approximate surface area is 135 Å². The van der Waals surface area contributed by atoms with E-state index < -0.39 is 10.0 Å². The Kier molecular flexibility index (Phi) is 4.51. The maximum atomic E-state index is 12.3. The van der Waals surface area contributed by atoms with Crippen LogP contribution < -0.4 is 10.0 Å². The molecule has 0 aliphatic heterocycles. The van der Waals surface area contributed by atoms with E-state index in [1.54, 1.807) is 6.07 Å². The molecule has 0 radical (unpaired) electrons. The fourth-order valence-corrected chi connectivity index (χ4v) is 4.53. The van der Waals surface area contributed by atoms with Crippen LogP contribution in [0.5, 0.6) is 0 Å². The lowest BCUT2D eigenvalue weighted by Crippen LogP contribution is -2.23. The van der Waals surface area contributed by atoms with Crippen LogP contribution in [0.3, 0.4) is 0 Å². The summed E-state index contributed by atoms with van der Waals surface area (Å²) in [6, 6.07) is 4.00. The Morgan fingerprint density at radius 1 is 1.38 bits per heavy atom. The van der Waals surface area contributed by atoms with Crippen molar-refractivity contribution in [2.75, 3.05) is 0 Å². The summed E-state index contributed by atoms with van der Waals surface area (Å²) < 4.78 is 32.9. The van der Waals surface area contributed by atoms with E-state index in [-0.39, 0.29) is 16.1 Å². The molecule has 0 atom stereocenters. The van der Waals surface area contributed by atoms with E-state index in [1.807, 2.05) is 16.8 Å². The minimum atomic E-state index is -3.58. The van der Waals surface area contributed by atoms with Crippen molar-refractivity contribution in [2.24, 2.45) is 0 Å². The van der Waals surface area contributed by atoms with Gasteiger partial charge in [-0.05, 0) is 51.2 Å². The maximum Gasteiger partial charge on any atom is 0.245 e. The quantitative estimate of drug-likeness (QED) is 0.762. The Morgan fingerprint density at radius 3 is 2.86 bits per heavy atom. The smallest absolute Gasteiger partial charge is 0.245 e. The average Bonchev–Trinajstić information content (AvgIpc) is 2.97. The molecule has 2 aromatic heterocycles. The zero-order chi connectivity index (χ0) is 14.9. The van der Waals surface area contributed by atoms with E-state index in [9.17, 15) is 8.42 Å². The SMILES string of the molecule is O=S(=O)(NCc1ccsc1)c1cc(CNC2CC2)oc1Br. The molecular weight excluding hydrogens is 376 g/mol. The maximum absolute atomic E-state index is 12.3. The lowest BCUT2D eigenvalue weighted by Gasteiger charge is -2.03. The van der Waals surface area contributed by atoms with Crippen LogP contribution in [0.15, 0.2) is 36.9 Å². The van der Waals surface area contributed by atoms with Gasteiger partial charge in [-0.25, -0.2) is 13.1 Å². The predicted octanol–water partition coefficient (Wildman–Crippen LogP) is 2.83. The predicted molar refractivity (Wildman–Crippen MR) is 84.6 cm³/mol. The molecule has 0 aromatic carbocycles. The molecule has 114 valence electrons. The lowest BCUT2D eigenvalue weighted by atomic mass is 10.4. The van der Waals surface area contributed by atoms with Gasteiger partial charge in [0.15, 0.2) is 4.67 Å². The van der Waals surface area contributed by atoms with Crippen molar-refractivity contribution in [3.8, 4) is 0 Å². The molecule has 1 aliphatic carbocycles. The molecule has 0 saturated heterocycles. The normalized spacial score (nSPS) is 15.5. The number of halogens is 1. The Hall–Kier alpha value is -0.670. The Bertz CT molecular complexity index is 706. The monoisotopic (exact) mass is 390 g/mol. The fraction of sp³-hybridized carbons (Fsp3) is 0.385. The summed E-state index contributed by atoms with van der Waals surface area (Å²) in [5.41, 5.74) is 0.943. The molecule has 8 heteroatoms. The molecule has 3 rings (SSSR count). The van der Waals surface area contributed by atoms with Gasteiger partial charge >= 0.3 is 0 Å². The number of rotatable bonds is 7. The standard InChI is InChI=1S/C13H15BrN2O3S2/c14-13-12(5-11(19-13)7-15-10-1-2-10)21(17,18)16-6-9-3-4-20-8-9/h3-5,8,10,15-16H,1-2,6-7H2. The van der Waals surface area contributed by atoms with Crippen LogP contribution in [0.2, 0.25) is 0 Å². The molecular formula is C13H15BrN2O3S2. The summed E-state index contributed by atoms with van der Waals surface area (Å²) in [4.78, 5) is 0.144. The van der Waals surface area contributed by atoms with Crippen molar-refractivity contribution >= 4 is 37.3 Å². The molecule has 1 saturated carbocycles. The second-order valence-corrected chi connectivity index (χ2v) is 8.20. The first-order chi connectivity index (χ1) is 10.0. The first-order valence-corrected chi connectivity index (χ1v) is 9.79. The highest BCUT2D eigenvalue weighted by Crippen LogP contribution is 2.27. The van der Waals surface area contributed by atoms with Crippen LogP contribution in [-0.4, -0.2) is 14.5 Å². The molecule has 1 fully saturated rings. The summed E-state index contributed by atoms with van der Waals surface area (Å²) in [5.74, 6) is 0.615. The van der Waals surface area contributed by atoms with Gasteiger partial charge in [-0.2, -0.15) is 11.3 Å². The van der Waals surface area contributed by atoms with Gasteiger partial charge in [0, 0.05) is 18.7 Å². The second kappa shape index (κ2) is 6.21. The van der Waals surface area contributed by atoms with Crippen LogP contribution in [0.1, 0.15) is 24.2 Å². The van der Waals surface area contributed by atoms with Crippen LogP contribution in [0, 0.1) is 0 Å².